The number of amides is 1. The largest absolute Gasteiger partial charge is 0.416 e. The van der Waals surface area contributed by atoms with Gasteiger partial charge in [-0.25, -0.2) is 0 Å². The molecule has 0 aromatic heterocycles. The summed E-state index contributed by atoms with van der Waals surface area (Å²) in [6.45, 7) is 9.67. The highest BCUT2D eigenvalue weighted by molar-refractivity contribution is 6.05. The number of nitrogens with zero attached hydrogens (tertiary/aromatic N) is 3. The number of anilines is 1. The number of carbonyl (C=O) groups is 2. The van der Waals surface area contributed by atoms with Crippen LogP contribution in [0.3, 0.4) is 0 Å². The Morgan fingerprint density at radius 3 is 2.10 bits per heavy atom. The molecule has 2 fully saturated rings. The molecule has 210 valence electrons. The fraction of sp³-hybridized carbons (Fsp3) is 0.484. The van der Waals surface area contributed by atoms with Crippen LogP contribution in [-0.4, -0.2) is 67.3 Å². The summed E-state index contributed by atoms with van der Waals surface area (Å²) in [5, 5.41) is 0. The van der Waals surface area contributed by atoms with Gasteiger partial charge in [-0.3, -0.25) is 9.59 Å². The lowest BCUT2D eigenvalue weighted by atomic mass is 9.71. The van der Waals surface area contributed by atoms with E-state index in [4.69, 9.17) is 0 Å². The van der Waals surface area contributed by atoms with Gasteiger partial charge in [0.25, 0.3) is 5.91 Å². The molecule has 4 rings (SSSR count). The summed E-state index contributed by atoms with van der Waals surface area (Å²) in [5.41, 5.74) is 1.84. The summed E-state index contributed by atoms with van der Waals surface area (Å²) in [6, 6.07) is 15.7. The standard InChI is InChI=1S/C31H38F3N3O2/c1-23(24(2)38)28(30(3)13-16-35(17-14-30)15-12-25-8-5-4-6-9-25)29(39)37-20-18-36(19-21-37)27-11-7-10-26(22-27)31(32,33)34/h4-11,22H,12-21H2,1-3H3/b28-23-. The molecular formula is C31H38F3N3O2. The zero-order valence-electron chi connectivity index (χ0n) is 23.1. The van der Waals surface area contributed by atoms with E-state index in [1.165, 1.54) is 18.6 Å². The van der Waals surface area contributed by atoms with Gasteiger partial charge in [0.15, 0.2) is 5.78 Å². The van der Waals surface area contributed by atoms with Crippen molar-refractivity contribution in [1.29, 1.82) is 0 Å². The van der Waals surface area contributed by atoms with Crippen LogP contribution in [-0.2, 0) is 22.2 Å². The number of halogens is 3. The lowest BCUT2D eigenvalue weighted by Gasteiger charge is -2.43. The third-order valence-electron chi connectivity index (χ3n) is 8.35. The van der Waals surface area contributed by atoms with Gasteiger partial charge in [-0.2, -0.15) is 13.2 Å². The maximum absolute atomic E-state index is 13.9. The molecule has 2 aliphatic rings. The van der Waals surface area contributed by atoms with Crippen LogP contribution in [0.2, 0.25) is 0 Å². The molecule has 2 aromatic carbocycles. The average molecular weight is 542 g/mol. The first-order chi connectivity index (χ1) is 18.5. The maximum atomic E-state index is 13.9. The minimum absolute atomic E-state index is 0.103. The molecule has 0 bridgehead atoms. The summed E-state index contributed by atoms with van der Waals surface area (Å²) in [5.74, 6) is -0.222. The lowest BCUT2D eigenvalue weighted by molar-refractivity contribution is -0.137. The molecule has 0 atom stereocenters. The van der Waals surface area contributed by atoms with Crippen molar-refractivity contribution in [3.8, 4) is 0 Å². The average Bonchev–Trinajstić information content (AvgIpc) is 2.93. The SMILES string of the molecule is CC(=O)/C(C)=C(/C(=O)N1CCN(c2cccc(C(F)(F)F)c2)CC1)C1(C)CCN(CCc2ccccc2)CC1. The Balaban J connectivity index is 1.42. The molecule has 0 N–H and O–H groups in total. The number of alkyl halides is 3. The first kappa shape index (κ1) is 28.9. The molecule has 2 heterocycles. The summed E-state index contributed by atoms with van der Waals surface area (Å²) in [4.78, 5) is 32.5. The Bertz CT molecular complexity index is 1190. The van der Waals surface area contributed by atoms with E-state index in [9.17, 15) is 22.8 Å². The van der Waals surface area contributed by atoms with Crippen LogP contribution in [0.1, 0.15) is 44.7 Å². The van der Waals surface area contributed by atoms with Crippen LogP contribution in [0.25, 0.3) is 0 Å². The number of allylic oxidation sites excluding steroid dienone is 1. The monoisotopic (exact) mass is 541 g/mol. The van der Waals surface area contributed by atoms with Gasteiger partial charge in [0.05, 0.1) is 5.56 Å². The van der Waals surface area contributed by atoms with E-state index < -0.39 is 17.2 Å². The first-order valence-electron chi connectivity index (χ1n) is 13.7. The number of likely N-dealkylation sites (tertiary alicyclic amines) is 1. The van der Waals surface area contributed by atoms with Crippen molar-refractivity contribution >= 4 is 17.4 Å². The minimum Gasteiger partial charge on any atom is -0.368 e. The number of piperazine rings is 1. The van der Waals surface area contributed by atoms with Gasteiger partial charge in [0.2, 0.25) is 0 Å². The van der Waals surface area contributed by atoms with Crippen molar-refractivity contribution in [2.45, 2.75) is 46.2 Å². The first-order valence-corrected chi connectivity index (χ1v) is 13.7. The Labute approximate surface area is 229 Å². The van der Waals surface area contributed by atoms with Crippen molar-refractivity contribution < 1.29 is 22.8 Å². The van der Waals surface area contributed by atoms with Crippen molar-refractivity contribution in [3.05, 3.63) is 76.9 Å². The Hall–Kier alpha value is -3.13. The fourth-order valence-electron chi connectivity index (χ4n) is 5.70. The van der Waals surface area contributed by atoms with Crippen molar-refractivity contribution in [1.82, 2.24) is 9.80 Å². The maximum Gasteiger partial charge on any atom is 0.416 e. The Kier molecular flexibility index (Phi) is 8.84. The summed E-state index contributed by atoms with van der Waals surface area (Å²) >= 11 is 0. The summed E-state index contributed by atoms with van der Waals surface area (Å²) in [7, 11) is 0. The molecule has 0 spiro atoms. The second kappa shape index (κ2) is 11.9. The van der Waals surface area contributed by atoms with Crippen LogP contribution in [0.4, 0.5) is 18.9 Å². The highest BCUT2D eigenvalue weighted by Crippen LogP contribution is 2.41. The van der Waals surface area contributed by atoms with Gasteiger partial charge in [-0.1, -0.05) is 43.3 Å². The Morgan fingerprint density at radius 2 is 1.51 bits per heavy atom. The number of carbonyl (C=O) groups excluding carboxylic acids is 2. The summed E-state index contributed by atoms with van der Waals surface area (Å²) < 4.78 is 39.6. The molecule has 0 saturated carbocycles. The number of benzene rings is 2. The number of hydrogen-bond acceptors (Lipinski definition) is 4. The molecule has 0 radical (unpaired) electrons. The zero-order chi connectivity index (χ0) is 28.2. The van der Waals surface area contributed by atoms with Crippen molar-refractivity contribution in [3.63, 3.8) is 0 Å². The number of Topliss-reactive ketones (excluding diaryl/α,β-unsaturated/α-hetero) is 1. The molecule has 0 unspecified atom stereocenters. The normalized spacial score (nSPS) is 19.0. The number of piperidine rings is 1. The molecule has 2 saturated heterocycles. The van der Waals surface area contributed by atoms with E-state index in [1.807, 2.05) is 11.0 Å². The molecule has 2 aromatic rings. The highest BCUT2D eigenvalue weighted by atomic mass is 19.4. The number of ketones is 1. The molecule has 8 heteroatoms. The molecule has 2 aliphatic heterocycles. The molecular weight excluding hydrogens is 503 g/mol. The Morgan fingerprint density at radius 1 is 0.872 bits per heavy atom. The predicted molar refractivity (Wildman–Crippen MR) is 148 cm³/mol. The third-order valence-corrected chi connectivity index (χ3v) is 8.35. The highest BCUT2D eigenvalue weighted by Gasteiger charge is 2.41. The van der Waals surface area contributed by atoms with E-state index in [0.29, 0.717) is 43.0 Å². The second-order valence-electron chi connectivity index (χ2n) is 11.0. The third kappa shape index (κ3) is 6.90. The van der Waals surface area contributed by atoms with Crippen LogP contribution in [0.5, 0.6) is 0 Å². The predicted octanol–water partition coefficient (Wildman–Crippen LogP) is 5.60. The second-order valence-corrected chi connectivity index (χ2v) is 11.0. The van der Waals surface area contributed by atoms with Crippen LogP contribution in [0, 0.1) is 5.41 Å². The fourth-order valence-corrected chi connectivity index (χ4v) is 5.70. The number of rotatable bonds is 7. The van der Waals surface area contributed by atoms with E-state index in [-0.39, 0.29) is 11.7 Å². The molecule has 1 amide bonds. The van der Waals surface area contributed by atoms with E-state index >= 15 is 0 Å². The van der Waals surface area contributed by atoms with Gasteiger partial charge in [-0.05, 0) is 70.0 Å². The summed E-state index contributed by atoms with van der Waals surface area (Å²) in [6.07, 6.45) is -1.85. The molecule has 0 aliphatic carbocycles. The van der Waals surface area contributed by atoms with Gasteiger partial charge in [-0.15, -0.1) is 0 Å². The van der Waals surface area contributed by atoms with Crippen molar-refractivity contribution in [2.24, 2.45) is 5.41 Å². The smallest absolute Gasteiger partial charge is 0.368 e. The lowest BCUT2D eigenvalue weighted by Crippen LogP contribution is -2.51. The van der Waals surface area contributed by atoms with Gasteiger partial charge >= 0.3 is 6.18 Å². The number of hydrogen-bond donors (Lipinski definition) is 0. The van der Waals surface area contributed by atoms with Gasteiger partial charge < -0.3 is 14.7 Å². The van der Waals surface area contributed by atoms with E-state index in [2.05, 4.69) is 36.1 Å². The van der Waals surface area contributed by atoms with E-state index in [1.54, 1.807) is 17.9 Å². The van der Waals surface area contributed by atoms with Crippen LogP contribution >= 0.6 is 0 Å². The molecule has 5 nitrogen and oxygen atoms in total. The zero-order valence-corrected chi connectivity index (χ0v) is 23.1. The van der Waals surface area contributed by atoms with E-state index in [0.717, 1.165) is 51.0 Å². The van der Waals surface area contributed by atoms with Gasteiger partial charge in [0.1, 0.15) is 0 Å². The van der Waals surface area contributed by atoms with Crippen LogP contribution in [0.15, 0.2) is 65.7 Å². The topological polar surface area (TPSA) is 43.9 Å². The quantitative estimate of drug-likeness (QED) is 0.428. The molecule has 39 heavy (non-hydrogen) atoms. The van der Waals surface area contributed by atoms with Gasteiger partial charge in [0, 0.05) is 55.0 Å². The van der Waals surface area contributed by atoms with Crippen LogP contribution < -0.4 is 4.90 Å². The van der Waals surface area contributed by atoms with Crippen molar-refractivity contribution in [2.75, 3.05) is 50.7 Å². The minimum atomic E-state index is -4.40.